The fourth-order valence-electron chi connectivity index (χ4n) is 2.90. The number of aryl methyl sites for hydroxylation is 3. The SMILES string of the molecule is Cc1ccc(-c2nnc(Cn3c(=O)c(C)nc4ccc(C)cc43)o2)cc1. The Hall–Kier alpha value is -3.28. The smallest absolute Gasteiger partial charge is 0.272 e. The molecule has 4 rings (SSSR count). The van der Waals surface area contributed by atoms with Gasteiger partial charge in [0.1, 0.15) is 12.2 Å². The topological polar surface area (TPSA) is 73.8 Å². The van der Waals surface area contributed by atoms with Gasteiger partial charge in [-0.15, -0.1) is 10.2 Å². The molecule has 2 heterocycles. The Balaban J connectivity index is 1.76. The lowest BCUT2D eigenvalue weighted by Gasteiger charge is -2.09. The highest BCUT2D eigenvalue weighted by Gasteiger charge is 2.13. The molecule has 0 spiro atoms. The molecule has 2 aromatic carbocycles. The third kappa shape index (κ3) is 2.90. The van der Waals surface area contributed by atoms with Crippen LogP contribution in [0.25, 0.3) is 22.5 Å². The van der Waals surface area contributed by atoms with Gasteiger partial charge in [0.05, 0.1) is 11.0 Å². The van der Waals surface area contributed by atoms with E-state index in [4.69, 9.17) is 4.42 Å². The lowest BCUT2D eigenvalue weighted by molar-refractivity contribution is 0.487. The molecule has 0 aliphatic heterocycles. The molecule has 0 N–H and O–H groups in total. The van der Waals surface area contributed by atoms with Crippen LogP contribution in [0.15, 0.2) is 51.7 Å². The second-order valence-electron chi connectivity index (χ2n) is 6.45. The van der Waals surface area contributed by atoms with E-state index < -0.39 is 0 Å². The van der Waals surface area contributed by atoms with Crippen molar-refractivity contribution >= 4 is 11.0 Å². The maximum Gasteiger partial charge on any atom is 0.272 e. The molecule has 0 aliphatic carbocycles. The van der Waals surface area contributed by atoms with Crippen LogP contribution < -0.4 is 5.56 Å². The first-order valence-corrected chi connectivity index (χ1v) is 8.38. The Bertz CT molecular complexity index is 1160. The minimum Gasteiger partial charge on any atom is -0.419 e. The predicted molar refractivity (Wildman–Crippen MR) is 99.1 cm³/mol. The number of aromatic nitrogens is 4. The molecule has 0 saturated heterocycles. The molecule has 4 aromatic rings. The van der Waals surface area contributed by atoms with Gasteiger partial charge < -0.3 is 4.42 Å². The molecule has 0 saturated carbocycles. The molecular weight excluding hydrogens is 328 g/mol. The summed E-state index contributed by atoms with van der Waals surface area (Å²) in [5, 5.41) is 8.23. The van der Waals surface area contributed by atoms with E-state index in [-0.39, 0.29) is 12.1 Å². The highest BCUT2D eigenvalue weighted by atomic mass is 16.4. The monoisotopic (exact) mass is 346 g/mol. The van der Waals surface area contributed by atoms with Gasteiger partial charge in [-0.1, -0.05) is 23.8 Å². The van der Waals surface area contributed by atoms with Gasteiger partial charge in [0.25, 0.3) is 5.56 Å². The molecule has 130 valence electrons. The summed E-state index contributed by atoms with van der Waals surface area (Å²) in [5.74, 6) is 0.829. The van der Waals surface area contributed by atoms with E-state index in [1.807, 2.05) is 56.3 Å². The van der Waals surface area contributed by atoms with E-state index in [0.29, 0.717) is 17.5 Å². The minimum absolute atomic E-state index is 0.154. The van der Waals surface area contributed by atoms with Crippen molar-refractivity contribution in [2.75, 3.05) is 0 Å². The fraction of sp³-hybridized carbons (Fsp3) is 0.200. The minimum atomic E-state index is -0.154. The average Bonchev–Trinajstić information content (AvgIpc) is 3.09. The Kier molecular flexibility index (Phi) is 3.88. The molecule has 6 heteroatoms. The zero-order valence-electron chi connectivity index (χ0n) is 14.9. The Morgan fingerprint density at radius 3 is 2.46 bits per heavy atom. The van der Waals surface area contributed by atoms with E-state index in [0.717, 1.165) is 27.7 Å². The Morgan fingerprint density at radius 1 is 0.962 bits per heavy atom. The molecule has 26 heavy (non-hydrogen) atoms. The van der Waals surface area contributed by atoms with Gasteiger partial charge in [-0.25, -0.2) is 4.98 Å². The molecule has 0 amide bonds. The van der Waals surface area contributed by atoms with Crippen molar-refractivity contribution in [1.82, 2.24) is 19.7 Å². The first-order chi connectivity index (χ1) is 12.5. The van der Waals surface area contributed by atoms with E-state index in [1.54, 1.807) is 11.5 Å². The number of fused-ring (bicyclic) bond motifs is 1. The van der Waals surface area contributed by atoms with Gasteiger partial charge in [-0.3, -0.25) is 9.36 Å². The van der Waals surface area contributed by atoms with Crippen LogP contribution in [0.5, 0.6) is 0 Å². The first kappa shape index (κ1) is 16.2. The third-order valence-electron chi connectivity index (χ3n) is 4.32. The predicted octanol–water partition coefficient (Wildman–Crippen LogP) is 3.42. The van der Waals surface area contributed by atoms with Crippen molar-refractivity contribution in [3.05, 3.63) is 75.5 Å². The van der Waals surface area contributed by atoms with Crippen molar-refractivity contribution in [2.24, 2.45) is 0 Å². The summed E-state index contributed by atoms with van der Waals surface area (Å²) in [5.41, 5.74) is 4.89. The van der Waals surface area contributed by atoms with Crippen LogP contribution in [0.1, 0.15) is 22.7 Å². The molecule has 2 aromatic heterocycles. The average molecular weight is 346 g/mol. The molecular formula is C20H18N4O2. The second kappa shape index (κ2) is 6.22. The molecule has 0 fully saturated rings. The number of nitrogens with zero attached hydrogens (tertiary/aromatic N) is 4. The lowest BCUT2D eigenvalue weighted by Crippen LogP contribution is -2.24. The van der Waals surface area contributed by atoms with E-state index in [9.17, 15) is 4.79 Å². The van der Waals surface area contributed by atoms with E-state index in [1.165, 1.54) is 0 Å². The normalized spacial score (nSPS) is 11.2. The largest absolute Gasteiger partial charge is 0.419 e. The standard InChI is InChI=1S/C20H18N4O2/c1-12-4-7-15(8-5-12)19-23-22-18(26-19)11-24-17-10-13(2)6-9-16(17)21-14(3)20(24)25/h4-10H,11H2,1-3H3. The molecule has 0 radical (unpaired) electrons. The summed E-state index contributed by atoms with van der Waals surface area (Å²) in [6, 6.07) is 13.7. The van der Waals surface area contributed by atoms with Gasteiger partial charge >= 0.3 is 0 Å². The molecule has 0 aliphatic rings. The Labute approximate surface area is 150 Å². The first-order valence-electron chi connectivity index (χ1n) is 8.38. The third-order valence-corrected chi connectivity index (χ3v) is 4.32. The summed E-state index contributed by atoms with van der Waals surface area (Å²) < 4.78 is 7.42. The van der Waals surface area contributed by atoms with Crippen molar-refractivity contribution in [3.63, 3.8) is 0 Å². The van der Waals surface area contributed by atoms with Crippen molar-refractivity contribution < 1.29 is 4.42 Å². The summed E-state index contributed by atoms with van der Waals surface area (Å²) in [4.78, 5) is 17.0. The van der Waals surface area contributed by atoms with Crippen molar-refractivity contribution in [3.8, 4) is 11.5 Å². The molecule has 6 nitrogen and oxygen atoms in total. The van der Waals surface area contributed by atoms with Gasteiger partial charge in [-0.05, 0) is 50.6 Å². The summed E-state index contributed by atoms with van der Waals surface area (Å²) in [7, 11) is 0. The quantitative estimate of drug-likeness (QED) is 0.568. The van der Waals surface area contributed by atoms with Crippen molar-refractivity contribution in [2.45, 2.75) is 27.3 Å². The van der Waals surface area contributed by atoms with Crippen LogP contribution in [-0.2, 0) is 6.54 Å². The van der Waals surface area contributed by atoms with Crippen LogP contribution in [0.4, 0.5) is 0 Å². The van der Waals surface area contributed by atoms with Crippen molar-refractivity contribution in [1.29, 1.82) is 0 Å². The van der Waals surface area contributed by atoms with Gasteiger partial charge in [0, 0.05) is 5.56 Å². The summed E-state index contributed by atoms with van der Waals surface area (Å²) in [6.45, 7) is 5.93. The fourth-order valence-corrected chi connectivity index (χ4v) is 2.90. The molecule has 0 atom stereocenters. The lowest BCUT2D eigenvalue weighted by atomic mass is 10.1. The van der Waals surface area contributed by atoms with Crippen LogP contribution >= 0.6 is 0 Å². The number of hydrogen-bond donors (Lipinski definition) is 0. The van der Waals surface area contributed by atoms with E-state index in [2.05, 4.69) is 15.2 Å². The maximum absolute atomic E-state index is 12.6. The highest BCUT2D eigenvalue weighted by molar-refractivity contribution is 5.75. The Morgan fingerprint density at radius 2 is 1.69 bits per heavy atom. The number of rotatable bonds is 3. The molecule has 0 bridgehead atoms. The van der Waals surface area contributed by atoms with Crippen LogP contribution in [0.2, 0.25) is 0 Å². The zero-order chi connectivity index (χ0) is 18.3. The van der Waals surface area contributed by atoms with Crippen LogP contribution in [0, 0.1) is 20.8 Å². The second-order valence-corrected chi connectivity index (χ2v) is 6.45. The summed E-state index contributed by atoms with van der Waals surface area (Å²) in [6.07, 6.45) is 0. The van der Waals surface area contributed by atoms with Gasteiger partial charge in [-0.2, -0.15) is 0 Å². The summed E-state index contributed by atoms with van der Waals surface area (Å²) >= 11 is 0. The highest BCUT2D eigenvalue weighted by Crippen LogP contribution is 2.19. The van der Waals surface area contributed by atoms with E-state index >= 15 is 0 Å². The molecule has 0 unspecified atom stereocenters. The maximum atomic E-state index is 12.6. The zero-order valence-corrected chi connectivity index (χ0v) is 14.9. The van der Waals surface area contributed by atoms with Gasteiger partial charge in [0.2, 0.25) is 11.8 Å². The van der Waals surface area contributed by atoms with Gasteiger partial charge in [0.15, 0.2) is 0 Å². The van der Waals surface area contributed by atoms with Crippen LogP contribution in [-0.4, -0.2) is 19.7 Å². The number of hydrogen-bond acceptors (Lipinski definition) is 5. The number of benzene rings is 2. The van der Waals surface area contributed by atoms with Crippen LogP contribution in [0.3, 0.4) is 0 Å².